The lowest BCUT2D eigenvalue weighted by molar-refractivity contribution is 0.0988. The van der Waals surface area contributed by atoms with Crippen LogP contribution in [-0.4, -0.2) is 45.2 Å². The first-order valence-corrected chi connectivity index (χ1v) is 11.5. The van der Waals surface area contributed by atoms with Crippen molar-refractivity contribution in [2.75, 3.05) is 30.9 Å². The monoisotopic (exact) mass is 449 g/mol. The number of carbonyl (C=O) groups is 2. The van der Waals surface area contributed by atoms with Gasteiger partial charge in [0, 0.05) is 43.1 Å². The molecule has 2 amide bonds. The van der Waals surface area contributed by atoms with Crippen molar-refractivity contribution in [3.63, 3.8) is 0 Å². The molecule has 1 heterocycles. The van der Waals surface area contributed by atoms with E-state index in [0.717, 1.165) is 22.0 Å². The van der Waals surface area contributed by atoms with Crippen LogP contribution in [0.4, 0.5) is 11.4 Å². The molecule has 0 atom stereocenters. The molecule has 0 aromatic heterocycles. The zero-order valence-electron chi connectivity index (χ0n) is 17.8. The number of nitrogens with one attached hydrogen (secondary N) is 1. The molecule has 0 fully saturated rings. The van der Waals surface area contributed by atoms with Crippen molar-refractivity contribution >= 4 is 33.2 Å². The van der Waals surface area contributed by atoms with Crippen LogP contribution in [0.15, 0.2) is 77.7 Å². The summed E-state index contributed by atoms with van der Waals surface area (Å²) in [5.74, 6) is -0.447. The van der Waals surface area contributed by atoms with Gasteiger partial charge in [0.05, 0.1) is 4.90 Å². The number of para-hydroxylation sites is 1. The van der Waals surface area contributed by atoms with Gasteiger partial charge in [-0.05, 0) is 66.6 Å². The molecular weight excluding hydrogens is 426 g/mol. The Bertz CT molecular complexity index is 1270. The molecule has 1 N–H and O–H groups in total. The molecule has 164 valence electrons. The fraction of sp³-hybridized carbons (Fsp3) is 0.167. The molecule has 7 nitrogen and oxygen atoms in total. The molecule has 0 spiro atoms. The first-order chi connectivity index (χ1) is 15.3. The summed E-state index contributed by atoms with van der Waals surface area (Å²) in [6.45, 7) is 0.649. The molecule has 0 unspecified atom stereocenters. The Labute approximate surface area is 187 Å². The highest BCUT2D eigenvalue weighted by molar-refractivity contribution is 7.89. The van der Waals surface area contributed by atoms with Gasteiger partial charge in [-0.15, -0.1) is 0 Å². The maximum absolute atomic E-state index is 12.9. The van der Waals surface area contributed by atoms with Crippen molar-refractivity contribution in [1.82, 2.24) is 4.31 Å². The van der Waals surface area contributed by atoms with E-state index in [2.05, 4.69) is 5.32 Å². The van der Waals surface area contributed by atoms with E-state index in [-0.39, 0.29) is 16.7 Å². The van der Waals surface area contributed by atoms with E-state index in [1.165, 1.54) is 38.4 Å². The van der Waals surface area contributed by atoms with Gasteiger partial charge >= 0.3 is 0 Å². The van der Waals surface area contributed by atoms with E-state index in [1.807, 2.05) is 24.3 Å². The summed E-state index contributed by atoms with van der Waals surface area (Å²) in [5, 5.41) is 2.77. The van der Waals surface area contributed by atoms with Gasteiger partial charge in [-0.2, -0.15) is 0 Å². The lowest BCUT2D eigenvalue weighted by Gasteiger charge is -2.17. The number of sulfonamides is 1. The van der Waals surface area contributed by atoms with Crippen molar-refractivity contribution < 1.29 is 18.0 Å². The normalized spacial score (nSPS) is 13.2. The van der Waals surface area contributed by atoms with Crippen molar-refractivity contribution in [1.29, 1.82) is 0 Å². The Morgan fingerprint density at radius 2 is 1.50 bits per heavy atom. The highest BCUT2D eigenvalue weighted by Crippen LogP contribution is 2.29. The third kappa shape index (κ3) is 4.15. The van der Waals surface area contributed by atoms with Crippen LogP contribution in [0.2, 0.25) is 0 Å². The summed E-state index contributed by atoms with van der Waals surface area (Å²) >= 11 is 0. The summed E-state index contributed by atoms with van der Waals surface area (Å²) in [6.07, 6.45) is 0.838. The average molecular weight is 450 g/mol. The zero-order chi connectivity index (χ0) is 22.9. The number of amides is 2. The summed E-state index contributed by atoms with van der Waals surface area (Å²) in [7, 11) is -0.649. The van der Waals surface area contributed by atoms with Gasteiger partial charge in [-0.25, -0.2) is 12.7 Å². The van der Waals surface area contributed by atoms with Crippen molar-refractivity contribution in [2.45, 2.75) is 11.3 Å². The largest absolute Gasteiger partial charge is 0.322 e. The predicted molar refractivity (Wildman–Crippen MR) is 124 cm³/mol. The van der Waals surface area contributed by atoms with Crippen LogP contribution in [0.5, 0.6) is 0 Å². The number of carbonyl (C=O) groups excluding carboxylic acids is 2. The van der Waals surface area contributed by atoms with E-state index in [0.29, 0.717) is 23.4 Å². The highest BCUT2D eigenvalue weighted by atomic mass is 32.2. The van der Waals surface area contributed by atoms with Crippen LogP contribution in [0.3, 0.4) is 0 Å². The summed E-state index contributed by atoms with van der Waals surface area (Å²) in [5.41, 5.74) is 3.51. The maximum atomic E-state index is 12.9. The SMILES string of the molecule is CN(C)S(=O)(=O)c1ccc(C(=O)Nc2ccc(C(=O)N3CCc4ccccc43)cc2)cc1. The van der Waals surface area contributed by atoms with Crippen LogP contribution >= 0.6 is 0 Å². The van der Waals surface area contributed by atoms with Crippen molar-refractivity contribution in [2.24, 2.45) is 0 Å². The molecule has 4 rings (SSSR count). The summed E-state index contributed by atoms with van der Waals surface area (Å²) in [6, 6.07) is 20.3. The van der Waals surface area contributed by atoms with Crippen LogP contribution < -0.4 is 10.2 Å². The third-order valence-electron chi connectivity index (χ3n) is 5.42. The maximum Gasteiger partial charge on any atom is 0.258 e. The van der Waals surface area contributed by atoms with E-state index in [4.69, 9.17) is 0 Å². The lowest BCUT2D eigenvalue weighted by Crippen LogP contribution is -2.28. The van der Waals surface area contributed by atoms with E-state index in [1.54, 1.807) is 29.2 Å². The molecule has 1 aliphatic rings. The van der Waals surface area contributed by atoms with Crippen LogP contribution in [0.1, 0.15) is 26.3 Å². The number of rotatable bonds is 5. The Hall–Kier alpha value is -3.49. The number of fused-ring (bicyclic) bond motifs is 1. The number of benzene rings is 3. The second kappa shape index (κ2) is 8.57. The van der Waals surface area contributed by atoms with Gasteiger partial charge in [-0.3, -0.25) is 9.59 Å². The Kier molecular flexibility index (Phi) is 5.82. The molecule has 0 saturated heterocycles. The quantitative estimate of drug-likeness (QED) is 0.647. The number of hydrogen-bond donors (Lipinski definition) is 1. The molecule has 0 bridgehead atoms. The topological polar surface area (TPSA) is 86.8 Å². The van der Waals surface area contributed by atoms with E-state index >= 15 is 0 Å². The molecule has 3 aromatic carbocycles. The standard InChI is InChI=1S/C24H23N3O4S/c1-26(2)32(30,31)21-13-9-18(10-14-21)23(28)25-20-11-7-19(8-12-20)24(29)27-16-15-17-5-3-4-6-22(17)27/h3-14H,15-16H2,1-2H3,(H,25,28). The molecule has 0 aliphatic carbocycles. The zero-order valence-corrected chi connectivity index (χ0v) is 18.6. The van der Waals surface area contributed by atoms with Crippen molar-refractivity contribution in [3.05, 3.63) is 89.5 Å². The molecule has 8 heteroatoms. The Morgan fingerprint density at radius 1 is 0.875 bits per heavy atom. The molecule has 3 aromatic rings. The van der Waals surface area contributed by atoms with Gasteiger partial charge in [-0.1, -0.05) is 18.2 Å². The summed E-state index contributed by atoms with van der Waals surface area (Å²) in [4.78, 5) is 27.3. The minimum atomic E-state index is -3.55. The highest BCUT2D eigenvalue weighted by Gasteiger charge is 2.25. The van der Waals surface area contributed by atoms with Gasteiger partial charge < -0.3 is 10.2 Å². The molecule has 32 heavy (non-hydrogen) atoms. The number of hydrogen-bond acceptors (Lipinski definition) is 4. The van der Waals surface area contributed by atoms with Crippen LogP contribution in [-0.2, 0) is 16.4 Å². The fourth-order valence-corrected chi connectivity index (χ4v) is 4.50. The average Bonchev–Trinajstić information content (AvgIpc) is 3.23. The van der Waals surface area contributed by atoms with E-state index < -0.39 is 10.0 Å². The number of nitrogens with zero attached hydrogens (tertiary/aromatic N) is 2. The second-order valence-electron chi connectivity index (χ2n) is 7.68. The van der Waals surface area contributed by atoms with Crippen molar-refractivity contribution in [3.8, 4) is 0 Å². The Morgan fingerprint density at radius 3 is 2.16 bits per heavy atom. The molecular formula is C24H23N3O4S. The first-order valence-electron chi connectivity index (χ1n) is 10.1. The summed E-state index contributed by atoms with van der Waals surface area (Å²) < 4.78 is 25.4. The Balaban J connectivity index is 1.44. The van der Waals surface area contributed by atoms with E-state index in [9.17, 15) is 18.0 Å². The van der Waals surface area contributed by atoms with Gasteiger partial charge in [0.15, 0.2) is 0 Å². The van der Waals surface area contributed by atoms with Crippen LogP contribution in [0, 0.1) is 0 Å². The lowest BCUT2D eigenvalue weighted by atomic mass is 10.1. The minimum Gasteiger partial charge on any atom is -0.322 e. The van der Waals surface area contributed by atoms with Gasteiger partial charge in [0.25, 0.3) is 11.8 Å². The molecule has 0 saturated carbocycles. The minimum absolute atomic E-state index is 0.0782. The predicted octanol–water partition coefficient (Wildman–Crippen LogP) is 3.39. The fourth-order valence-electron chi connectivity index (χ4n) is 3.59. The molecule has 0 radical (unpaired) electrons. The molecule has 1 aliphatic heterocycles. The first kappa shape index (κ1) is 21.7. The third-order valence-corrected chi connectivity index (χ3v) is 7.25. The van der Waals surface area contributed by atoms with Gasteiger partial charge in [0.1, 0.15) is 0 Å². The smallest absolute Gasteiger partial charge is 0.258 e. The van der Waals surface area contributed by atoms with Crippen LogP contribution in [0.25, 0.3) is 0 Å². The van der Waals surface area contributed by atoms with Gasteiger partial charge in [0.2, 0.25) is 10.0 Å². The second-order valence-corrected chi connectivity index (χ2v) is 9.83. The number of anilines is 2.